The molecule has 0 radical (unpaired) electrons. The van der Waals surface area contributed by atoms with Crippen molar-refractivity contribution < 1.29 is 9.53 Å². The Morgan fingerprint density at radius 3 is 2.72 bits per heavy atom. The number of nitrogens with two attached hydrogens (primary N) is 1. The Labute approximate surface area is 111 Å². The van der Waals surface area contributed by atoms with E-state index >= 15 is 0 Å². The van der Waals surface area contributed by atoms with Crippen LogP contribution in [0, 0.1) is 11.8 Å². The Bertz CT molecular complexity index is 256. The fourth-order valence-electron chi connectivity index (χ4n) is 2.83. The number of carbonyl (C=O) groups is 1. The second kappa shape index (κ2) is 7.74. The van der Waals surface area contributed by atoms with Crippen molar-refractivity contribution in [3.63, 3.8) is 0 Å². The summed E-state index contributed by atoms with van der Waals surface area (Å²) < 4.78 is 5.38. The molecule has 4 nitrogen and oxygen atoms in total. The molecule has 3 N–H and O–H groups in total. The minimum absolute atomic E-state index is 0.125. The van der Waals surface area contributed by atoms with Gasteiger partial charge in [-0.25, -0.2) is 0 Å². The van der Waals surface area contributed by atoms with E-state index in [2.05, 4.69) is 19.2 Å². The van der Waals surface area contributed by atoms with Gasteiger partial charge in [0, 0.05) is 13.5 Å². The lowest BCUT2D eigenvalue weighted by atomic mass is 9.94. The van der Waals surface area contributed by atoms with Gasteiger partial charge in [0.15, 0.2) is 0 Å². The smallest absolute Gasteiger partial charge is 0.220 e. The number of rotatable bonds is 7. The molecule has 1 aliphatic carbocycles. The zero-order valence-electron chi connectivity index (χ0n) is 11.9. The molecule has 0 heterocycles. The minimum Gasteiger partial charge on any atom is -0.379 e. The molecule has 1 saturated carbocycles. The Hall–Kier alpha value is -0.610. The maximum Gasteiger partial charge on any atom is 0.220 e. The molecular weight excluding hydrogens is 228 g/mol. The van der Waals surface area contributed by atoms with E-state index in [1.807, 2.05) is 0 Å². The average Bonchev–Trinajstić information content (AvgIpc) is 2.74. The van der Waals surface area contributed by atoms with Crippen LogP contribution in [0.4, 0.5) is 0 Å². The monoisotopic (exact) mass is 256 g/mol. The van der Waals surface area contributed by atoms with Crippen LogP contribution in [0.5, 0.6) is 0 Å². The number of hydrogen-bond donors (Lipinski definition) is 2. The Kier molecular flexibility index (Phi) is 6.65. The molecule has 0 aromatic rings. The number of amides is 1. The van der Waals surface area contributed by atoms with Gasteiger partial charge >= 0.3 is 0 Å². The molecular formula is C14H28N2O2. The summed E-state index contributed by atoms with van der Waals surface area (Å²) >= 11 is 0. The van der Waals surface area contributed by atoms with Crippen molar-refractivity contribution in [1.82, 2.24) is 5.32 Å². The van der Waals surface area contributed by atoms with E-state index in [4.69, 9.17) is 10.5 Å². The van der Waals surface area contributed by atoms with Crippen molar-refractivity contribution in [2.24, 2.45) is 17.6 Å². The van der Waals surface area contributed by atoms with Gasteiger partial charge < -0.3 is 15.8 Å². The van der Waals surface area contributed by atoms with Gasteiger partial charge in [-0.3, -0.25) is 4.79 Å². The first-order valence-corrected chi connectivity index (χ1v) is 7.09. The summed E-state index contributed by atoms with van der Waals surface area (Å²) in [6, 6.07) is 0.194. The van der Waals surface area contributed by atoms with Gasteiger partial charge in [0.25, 0.3) is 0 Å². The highest BCUT2D eigenvalue weighted by atomic mass is 16.5. The van der Waals surface area contributed by atoms with Crippen LogP contribution in [0.15, 0.2) is 0 Å². The van der Waals surface area contributed by atoms with Gasteiger partial charge in [-0.05, 0) is 44.1 Å². The lowest BCUT2D eigenvalue weighted by Crippen LogP contribution is -2.41. The maximum absolute atomic E-state index is 12.0. The van der Waals surface area contributed by atoms with E-state index in [0.717, 1.165) is 25.7 Å². The van der Waals surface area contributed by atoms with Crippen LogP contribution in [-0.4, -0.2) is 31.7 Å². The zero-order chi connectivity index (χ0) is 13.5. The molecule has 0 aliphatic heterocycles. The summed E-state index contributed by atoms with van der Waals surface area (Å²) in [5, 5.41) is 3.10. The molecule has 0 aromatic carbocycles. The van der Waals surface area contributed by atoms with Gasteiger partial charge in [-0.15, -0.1) is 0 Å². The van der Waals surface area contributed by atoms with Gasteiger partial charge in [0.1, 0.15) is 0 Å². The van der Waals surface area contributed by atoms with Gasteiger partial charge in [0.05, 0.1) is 12.1 Å². The zero-order valence-corrected chi connectivity index (χ0v) is 11.9. The number of methoxy groups -OCH3 is 1. The van der Waals surface area contributed by atoms with Gasteiger partial charge in [0.2, 0.25) is 5.91 Å². The average molecular weight is 256 g/mol. The SMILES string of the molecule is COC1CCCC1NC(=O)CC(CN)CC(C)C. The third kappa shape index (κ3) is 4.94. The van der Waals surface area contributed by atoms with Crippen molar-refractivity contribution in [3.8, 4) is 0 Å². The van der Waals surface area contributed by atoms with E-state index in [-0.39, 0.29) is 18.1 Å². The predicted octanol–water partition coefficient (Wildman–Crippen LogP) is 1.68. The number of nitrogens with one attached hydrogen (secondary N) is 1. The summed E-state index contributed by atoms with van der Waals surface area (Å²) in [6.07, 6.45) is 4.96. The second-order valence-corrected chi connectivity index (χ2v) is 5.81. The predicted molar refractivity (Wildman–Crippen MR) is 73.2 cm³/mol. The van der Waals surface area contributed by atoms with Crippen molar-refractivity contribution in [2.45, 2.75) is 58.1 Å². The molecule has 3 atom stereocenters. The van der Waals surface area contributed by atoms with Crippen LogP contribution in [0.1, 0.15) is 46.0 Å². The quantitative estimate of drug-likeness (QED) is 0.728. The minimum atomic E-state index is 0.125. The van der Waals surface area contributed by atoms with Crippen molar-refractivity contribution in [3.05, 3.63) is 0 Å². The largest absolute Gasteiger partial charge is 0.379 e. The topological polar surface area (TPSA) is 64.3 Å². The summed E-state index contributed by atoms with van der Waals surface area (Å²) in [6.45, 7) is 4.92. The van der Waals surface area contributed by atoms with E-state index in [1.54, 1.807) is 7.11 Å². The van der Waals surface area contributed by atoms with Crippen molar-refractivity contribution in [2.75, 3.05) is 13.7 Å². The molecule has 1 fully saturated rings. The van der Waals surface area contributed by atoms with E-state index in [0.29, 0.717) is 24.8 Å². The highest BCUT2D eigenvalue weighted by Gasteiger charge is 2.28. The Morgan fingerprint density at radius 2 is 2.17 bits per heavy atom. The van der Waals surface area contributed by atoms with Gasteiger partial charge in [-0.1, -0.05) is 13.8 Å². The summed E-state index contributed by atoms with van der Waals surface area (Å²) in [5.41, 5.74) is 5.73. The highest BCUT2D eigenvalue weighted by molar-refractivity contribution is 5.76. The van der Waals surface area contributed by atoms with Gasteiger partial charge in [-0.2, -0.15) is 0 Å². The first-order valence-electron chi connectivity index (χ1n) is 7.09. The summed E-state index contributed by atoms with van der Waals surface area (Å²) in [5.74, 6) is 1.01. The summed E-state index contributed by atoms with van der Waals surface area (Å²) in [4.78, 5) is 12.0. The van der Waals surface area contributed by atoms with Crippen molar-refractivity contribution >= 4 is 5.91 Å². The van der Waals surface area contributed by atoms with Crippen LogP contribution in [0.2, 0.25) is 0 Å². The van der Waals surface area contributed by atoms with Crippen LogP contribution in [0.25, 0.3) is 0 Å². The lowest BCUT2D eigenvalue weighted by molar-refractivity contribution is -0.123. The number of hydrogen-bond acceptors (Lipinski definition) is 3. The second-order valence-electron chi connectivity index (χ2n) is 5.81. The fraction of sp³-hybridized carbons (Fsp3) is 0.929. The molecule has 0 bridgehead atoms. The van der Waals surface area contributed by atoms with Crippen LogP contribution in [0.3, 0.4) is 0 Å². The third-order valence-electron chi connectivity index (χ3n) is 3.71. The molecule has 0 saturated heterocycles. The molecule has 0 aromatic heterocycles. The third-order valence-corrected chi connectivity index (χ3v) is 3.71. The number of carbonyl (C=O) groups excluding carboxylic acids is 1. The Balaban J connectivity index is 2.35. The van der Waals surface area contributed by atoms with Crippen molar-refractivity contribution in [1.29, 1.82) is 0 Å². The molecule has 106 valence electrons. The molecule has 18 heavy (non-hydrogen) atoms. The lowest BCUT2D eigenvalue weighted by Gasteiger charge is -2.22. The van der Waals surface area contributed by atoms with E-state index in [1.165, 1.54) is 0 Å². The molecule has 3 unspecified atom stereocenters. The molecule has 1 rings (SSSR count). The Morgan fingerprint density at radius 1 is 1.44 bits per heavy atom. The normalized spacial score (nSPS) is 25.4. The molecule has 1 aliphatic rings. The highest BCUT2D eigenvalue weighted by Crippen LogP contribution is 2.22. The van der Waals surface area contributed by atoms with E-state index in [9.17, 15) is 4.79 Å². The first-order chi connectivity index (χ1) is 8.56. The fourth-order valence-corrected chi connectivity index (χ4v) is 2.83. The van der Waals surface area contributed by atoms with Crippen LogP contribution in [-0.2, 0) is 9.53 Å². The van der Waals surface area contributed by atoms with E-state index < -0.39 is 0 Å². The molecule has 4 heteroatoms. The molecule has 0 spiro atoms. The molecule has 1 amide bonds. The maximum atomic E-state index is 12.0. The number of ether oxygens (including phenoxy) is 1. The standard InChI is InChI=1S/C14H28N2O2/c1-10(2)7-11(9-15)8-14(17)16-12-5-4-6-13(12)18-3/h10-13H,4-9,15H2,1-3H3,(H,16,17). The van der Waals surface area contributed by atoms with Crippen LogP contribution < -0.4 is 11.1 Å². The first kappa shape index (κ1) is 15.4. The van der Waals surface area contributed by atoms with Crippen LogP contribution >= 0.6 is 0 Å². The summed E-state index contributed by atoms with van der Waals surface area (Å²) in [7, 11) is 1.72.